The third-order valence-electron chi connectivity index (χ3n) is 2.19. The molecule has 1 amide bonds. The van der Waals surface area contributed by atoms with E-state index in [9.17, 15) is 4.79 Å². The van der Waals surface area contributed by atoms with Crippen LogP contribution in [0.1, 0.15) is 35.3 Å². The molecule has 0 saturated heterocycles. The minimum Gasteiger partial charge on any atom is -0.340 e. The van der Waals surface area contributed by atoms with E-state index in [2.05, 4.69) is 32.6 Å². The van der Waals surface area contributed by atoms with E-state index in [-0.39, 0.29) is 11.3 Å². The lowest BCUT2D eigenvalue weighted by Gasteiger charge is -2.26. The number of rotatable bonds is 2. The van der Waals surface area contributed by atoms with E-state index < -0.39 is 0 Å². The predicted octanol–water partition coefficient (Wildman–Crippen LogP) is 2.18. The SMILES string of the molecule is CN(CC(C)(C)C)C(=O)c1ccc(C#CCN)s1. The van der Waals surface area contributed by atoms with Crippen molar-refractivity contribution in [2.24, 2.45) is 11.1 Å². The Bertz CT molecular complexity index is 474. The van der Waals surface area contributed by atoms with Gasteiger partial charge in [0.25, 0.3) is 5.91 Å². The molecular weight excluding hydrogens is 244 g/mol. The Hall–Kier alpha value is -1.31. The molecule has 0 spiro atoms. The first kappa shape index (κ1) is 14.7. The monoisotopic (exact) mass is 264 g/mol. The number of nitrogens with two attached hydrogens (primary N) is 1. The summed E-state index contributed by atoms with van der Waals surface area (Å²) in [6.45, 7) is 7.41. The first-order valence-electron chi connectivity index (χ1n) is 5.88. The Morgan fingerprint density at radius 1 is 1.44 bits per heavy atom. The topological polar surface area (TPSA) is 46.3 Å². The Labute approximate surface area is 113 Å². The molecule has 0 aliphatic carbocycles. The summed E-state index contributed by atoms with van der Waals surface area (Å²) in [6, 6.07) is 3.69. The summed E-state index contributed by atoms with van der Waals surface area (Å²) in [4.78, 5) is 15.5. The minimum absolute atomic E-state index is 0.0516. The van der Waals surface area contributed by atoms with Crippen molar-refractivity contribution in [3.63, 3.8) is 0 Å². The van der Waals surface area contributed by atoms with Crippen LogP contribution in [0, 0.1) is 17.3 Å². The summed E-state index contributed by atoms with van der Waals surface area (Å²) in [6.07, 6.45) is 0. The van der Waals surface area contributed by atoms with Gasteiger partial charge >= 0.3 is 0 Å². The average molecular weight is 264 g/mol. The summed E-state index contributed by atoms with van der Waals surface area (Å²) in [5.41, 5.74) is 5.42. The van der Waals surface area contributed by atoms with E-state index in [1.54, 1.807) is 4.90 Å². The third kappa shape index (κ3) is 4.52. The van der Waals surface area contributed by atoms with Gasteiger partial charge in [-0.05, 0) is 17.5 Å². The Kier molecular flexibility index (Phi) is 4.94. The molecule has 1 heterocycles. The molecule has 18 heavy (non-hydrogen) atoms. The molecule has 1 rings (SSSR count). The maximum absolute atomic E-state index is 12.2. The van der Waals surface area contributed by atoms with Gasteiger partial charge in [0, 0.05) is 13.6 Å². The normalized spacial score (nSPS) is 10.7. The third-order valence-corrected chi connectivity index (χ3v) is 3.18. The lowest BCUT2D eigenvalue weighted by atomic mass is 9.96. The molecule has 0 atom stereocenters. The summed E-state index contributed by atoms with van der Waals surface area (Å²) in [5, 5.41) is 0. The zero-order valence-corrected chi connectivity index (χ0v) is 12.2. The maximum atomic E-state index is 12.2. The Morgan fingerprint density at radius 3 is 2.67 bits per heavy atom. The van der Waals surface area contributed by atoms with Crippen LogP contribution in [-0.2, 0) is 0 Å². The first-order valence-corrected chi connectivity index (χ1v) is 6.69. The van der Waals surface area contributed by atoms with Gasteiger partial charge in [0.05, 0.1) is 16.3 Å². The fraction of sp³-hybridized carbons (Fsp3) is 0.500. The van der Waals surface area contributed by atoms with Crippen LogP contribution in [0.5, 0.6) is 0 Å². The first-order chi connectivity index (χ1) is 8.33. The number of carbonyl (C=O) groups excluding carboxylic acids is 1. The van der Waals surface area contributed by atoms with Crippen molar-refractivity contribution in [2.75, 3.05) is 20.1 Å². The van der Waals surface area contributed by atoms with Gasteiger partial charge in [-0.3, -0.25) is 4.79 Å². The zero-order chi connectivity index (χ0) is 13.8. The van der Waals surface area contributed by atoms with E-state index in [1.807, 2.05) is 19.2 Å². The van der Waals surface area contributed by atoms with Crippen LogP contribution in [-0.4, -0.2) is 30.9 Å². The van der Waals surface area contributed by atoms with Gasteiger partial charge in [-0.1, -0.05) is 32.6 Å². The lowest BCUT2D eigenvalue weighted by molar-refractivity contribution is 0.0750. The molecule has 3 nitrogen and oxygen atoms in total. The standard InChI is InChI=1S/C14H20N2OS/c1-14(2,3)10-16(4)13(17)12-8-7-11(18-12)6-5-9-15/h7-8H,9-10,15H2,1-4H3. The number of hydrogen-bond acceptors (Lipinski definition) is 3. The fourth-order valence-electron chi connectivity index (χ4n) is 1.63. The van der Waals surface area contributed by atoms with E-state index in [4.69, 9.17) is 5.73 Å². The molecule has 2 N–H and O–H groups in total. The second-order valence-electron chi connectivity index (χ2n) is 5.39. The Balaban J connectivity index is 2.75. The highest BCUT2D eigenvalue weighted by Gasteiger charge is 2.19. The van der Waals surface area contributed by atoms with Gasteiger partial charge in [-0.25, -0.2) is 0 Å². The molecule has 0 radical (unpaired) electrons. The number of hydrogen-bond donors (Lipinski definition) is 1. The second kappa shape index (κ2) is 6.03. The molecule has 0 aliphatic rings. The molecule has 98 valence electrons. The van der Waals surface area contributed by atoms with Crippen molar-refractivity contribution in [3.05, 3.63) is 21.9 Å². The van der Waals surface area contributed by atoms with Crippen molar-refractivity contribution in [2.45, 2.75) is 20.8 Å². The smallest absolute Gasteiger partial charge is 0.263 e. The molecule has 0 unspecified atom stereocenters. The van der Waals surface area contributed by atoms with Crippen molar-refractivity contribution < 1.29 is 4.79 Å². The molecule has 1 aromatic heterocycles. The summed E-state index contributed by atoms with van der Waals surface area (Å²) in [5.74, 6) is 5.78. The second-order valence-corrected chi connectivity index (χ2v) is 6.48. The highest BCUT2D eigenvalue weighted by Crippen LogP contribution is 2.20. The largest absolute Gasteiger partial charge is 0.340 e. The van der Waals surface area contributed by atoms with Crippen LogP contribution in [0.15, 0.2) is 12.1 Å². The molecule has 0 saturated carbocycles. The van der Waals surface area contributed by atoms with E-state index in [0.717, 1.165) is 16.3 Å². The molecule has 0 fully saturated rings. The van der Waals surface area contributed by atoms with E-state index in [1.165, 1.54) is 11.3 Å². The number of carbonyl (C=O) groups is 1. The predicted molar refractivity (Wildman–Crippen MR) is 76.7 cm³/mol. The average Bonchev–Trinajstić information content (AvgIpc) is 2.71. The zero-order valence-electron chi connectivity index (χ0n) is 11.4. The summed E-state index contributed by atoms with van der Waals surface area (Å²) < 4.78 is 0. The fourth-order valence-corrected chi connectivity index (χ4v) is 2.51. The maximum Gasteiger partial charge on any atom is 0.263 e. The molecule has 0 bridgehead atoms. The van der Waals surface area contributed by atoms with Crippen molar-refractivity contribution in [1.82, 2.24) is 4.90 Å². The Morgan fingerprint density at radius 2 is 2.11 bits per heavy atom. The molecular formula is C14H20N2OS. The van der Waals surface area contributed by atoms with Crippen LogP contribution in [0.2, 0.25) is 0 Å². The molecule has 4 heteroatoms. The van der Waals surface area contributed by atoms with Gasteiger partial charge in [-0.2, -0.15) is 0 Å². The number of thiophene rings is 1. The van der Waals surface area contributed by atoms with Crippen LogP contribution in [0.4, 0.5) is 0 Å². The highest BCUT2D eigenvalue weighted by molar-refractivity contribution is 7.14. The van der Waals surface area contributed by atoms with Gasteiger partial charge < -0.3 is 10.6 Å². The van der Waals surface area contributed by atoms with Gasteiger partial charge in [0.15, 0.2) is 0 Å². The summed E-state index contributed by atoms with van der Waals surface area (Å²) in [7, 11) is 1.83. The minimum atomic E-state index is 0.0516. The van der Waals surface area contributed by atoms with Gasteiger partial charge in [0.2, 0.25) is 0 Å². The van der Waals surface area contributed by atoms with Gasteiger partial charge in [-0.15, -0.1) is 11.3 Å². The van der Waals surface area contributed by atoms with Crippen molar-refractivity contribution in [1.29, 1.82) is 0 Å². The van der Waals surface area contributed by atoms with E-state index >= 15 is 0 Å². The number of amides is 1. The van der Waals surface area contributed by atoms with Crippen LogP contribution < -0.4 is 5.73 Å². The number of nitrogens with zero attached hydrogens (tertiary/aromatic N) is 1. The van der Waals surface area contributed by atoms with Gasteiger partial charge in [0.1, 0.15) is 0 Å². The van der Waals surface area contributed by atoms with Crippen molar-refractivity contribution in [3.8, 4) is 11.8 Å². The van der Waals surface area contributed by atoms with Crippen LogP contribution in [0.3, 0.4) is 0 Å². The molecule has 0 aliphatic heterocycles. The quantitative estimate of drug-likeness (QED) is 0.832. The summed E-state index contributed by atoms with van der Waals surface area (Å²) >= 11 is 1.41. The van der Waals surface area contributed by atoms with E-state index in [0.29, 0.717) is 6.54 Å². The highest BCUT2D eigenvalue weighted by atomic mass is 32.1. The van der Waals surface area contributed by atoms with Crippen LogP contribution in [0.25, 0.3) is 0 Å². The molecule has 0 aromatic carbocycles. The molecule has 1 aromatic rings. The van der Waals surface area contributed by atoms with Crippen molar-refractivity contribution >= 4 is 17.2 Å². The van der Waals surface area contributed by atoms with Crippen LogP contribution >= 0.6 is 11.3 Å². The lowest BCUT2D eigenvalue weighted by Crippen LogP contribution is -2.34.